The molecule has 1 aliphatic rings. The molecule has 2 aromatic heterocycles. The fourth-order valence-corrected chi connectivity index (χ4v) is 5.49. The monoisotopic (exact) mass is 535 g/mol. The minimum absolute atomic E-state index is 0.0144. The van der Waals surface area contributed by atoms with Crippen LogP contribution in [0.1, 0.15) is 31.8 Å². The molecule has 0 unspecified atom stereocenters. The van der Waals surface area contributed by atoms with Gasteiger partial charge in [-0.15, -0.1) is 15.2 Å². The van der Waals surface area contributed by atoms with Gasteiger partial charge in [0.1, 0.15) is 18.2 Å². The van der Waals surface area contributed by atoms with Gasteiger partial charge in [0.25, 0.3) is 10.6 Å². The second kappa shape index (κ2) is 10.8. The molecule has 3 aromatic rings. The number of aryl methyl sites for hydroxylation is 2. The van der Waals surface area contributed by atoms with Crippen LogP contribution in [-0.4, -0.2) is 76.9 Å². The first kappa shape index (κ1) is 26.5. The van der Waals surface area contributed by atoms with Crippen molar-refractivity contribution in [1.82, 2.24) is 29.2 Å². The fourth-order valence-electron chi connectivity index (χ4n) is 4.24. The second-order valence-electron chi connectivity index (χ2n) is 8.65. The van der Waals surface area contributed by atoms with Crippen LogP contribution in [0, 0.1) is 17.0 Å². The first-order valence-electron chi connectivity index (χ1n) is 11.9. The molecule has 4 rings (SSSR count). The largest absolute Gasteiger partial charge is 0.493 e. The lowest BCUT2D eigenvalue weighted by Gasteiger charge is -2.39. The summed E-state index contributed by atoms with van der Waals surface area (Å²) in [6.07, 6.45) is 1.44. The molecule has 1 aliphatic heterocycles. The number of imidazole rings is 1. The molecule has 2 N–H and O–H groups in total. The number of sulfonamides is 1. The molecule has 0 amide bonds. The van der Waals surface area contributed by atoms with Crippen molar-refractivity contribution in [3.63, 3.8) is 0 Å². The number of hydrogen-bond acceptors (Lipinski definition) is 10. The van der Waals surface area contributed by atoms with E-state index in [4.69, 9.17) is 4.74 Å². The van der Waals surface area contributed by atoms with E-state index in [-0.39, 0.29) is 28.9 Å². The molecule has 1 fully saturated rings. The Morgan fingerprint density at radius 1 is 1.30 bits per heavy atom. The molecule has 0 spiro atoms. The molecular formula is C22H29N7O7S. The molecule has 1 aromatic carbocycles. The zero-order chi connectivity index (χ0) is 26.7. The number of aromatic nitrogens is 4. The normalized spacial score (nSPS) is 14.6. The van der Waals surface area contributed by atoms with Crippen molar-refractivity contribution in [2.75, 3.05) is 32.8 Å². The number of fused-ring (bicyclic) bond motifs is 1. The van der Waals surface area contributed by atoms with Crippen LogP contribution in [0.3, 0.4) is 0 Å². The van der Waals surface area contributed by atoms with Gasteiger partial charge in [0.2, 0.25) is 10.0 Å². The van der Waals surface area contributed by atoms with Crippen molar-refractivity contribution >= 4 is 15.5 Å². The maximum Gasteiger partial charge on any atom is 0.294 e. The van der Waals surface area contributed by atoms with Gasteiger partial charge >= 0.3 is 0 Å². The third-order valence-electron chi connectivity index (χ3n) is 5.92. The van der Waals surface area contributed by atoms with Crippen LogP contribution >= 0.6 is 0 Å². The molecule has 37 heavy (non-hydrogen) atoms. The van der Waals surface area contributed by atoms with Crippen LogP contribution in [0.15, 0.2) is 27.9 Å². The summed E-state index contributed by atoms with van der Waals surface area (Å²) in [5.41, 5.74) is 0.842. The van der Waals surface area contributed by atoms with Crippen LogP contribution in [-0.2, 0) is 21.3 Å². The summed E-state index contributed by atoms with van der Waals surface area (Å²) in [4.78, 5) is 36.5. The van der Waals surface area contributed by atoms with Crippen molar-refractivity contribution in [3.05, 3.63) is 50.2 Å². The van der Waals surface area contributed by atoms with E-state index >= 15 is 0 Å². The quantitative estimate of drug-likeness (QED) is 0.251. The van der Waals surface area contributed by atoms with E-state index in [1.807, 2.05) is 11.8 Å². The van der Waals surface area contributed by atoms with Crippen LogP contribution in [0.25, 0.3) is 16.9 Å². The molecule has 3 heterocycles. The Labute approximate surface area is 212 Å². The number of benzene rings is 1. The molecular weight excluding hydrogens is 506 g/mol. The van der Waals surface area contributed by atoms with Gasteiger partial charge in [-0.05, 0) is 38.5 Å². The van der Waals surface area contributed by atoms with Crippen LogP contribution in [0.4, 0.5) is 0 Å². The summed E-state index contributed by atoms with van der Waals surface area (Å²) in [7, 11) is -3.92. The lowest BCUT2D eigenvalue weighted by atomic mass is 10.1. The van der Waals surface area contributed by atoms with Crippen molar-refractivity contribution in [2.24, 2.45) is 0 Å². The van der Waals surface area contributed by atoms with E-state index in [0.29, 0.717) is 61.0 Å². The Morgan fingerprint density at radius 3 is 2.73 bits per heavy atom. The van der Waals surface area contributed by atoms with E-state index in [0.717, 1.165) is 6.42 Å². The SMILES string of the molecule is CCCc1nc(C)c2c(=O)[nH]c(-c3cc(S(=O)(=O)NC4CN(CCO[N+](=O)[O-])C4)ccc3OCC)nn12. The third-order valence-corrected chi connectivity index (χ3v) is 7.43. The van der Waals surface area contributed by atoms with Gasteiger partial charge in [0.15, 0.2) is 11.3 Å². The predicted octanol–water partition coefficient (Wildman–Crippen LogP) is 0.915. The fraction of sp³-hybridized carbons (Fsp3) is 0.500. The molecule has 200 valence electrons. The Bertz CT molecular complexity index is 1460. The number of hydrogen-bond donors (Lipinski definition) is 2. The summed E-state index contributed by atoms with van der Waals surface area (Å²) in [6, 6.07) is 4.03. The van der Waals surface area contributed by atoms with E-state index in [9.17, 15) is 23.3 Å². The average molecular weight is 536 g/mol. The number of nitrogens with one attached hydrogen (secondary N) is 2. The summed E-state index contributed by atoms with van der Waals surface area (Å²) >= 11 is 0. The number of aromatic amines is 1. The standard InChI is InChI=1S/C22H29N7O7S/c1-4-6-19-23-14(3)20-22(30)24-21(25-28(19)20)17-11-16(7-8-18(17)35-5-2)37(33,34)26-15-12-27(13-15)9-10-36-29(31)32/h7-8,11,15,26H,4-6,9-10,12-13H2,1-3H3,(H,24,25,30). The topological polar surface area (TPSA) is 174 Å². The molecule has 14 nitrogen and oxygen atoms in total. The van der Waals surface area contributed by atoms with Gasteiger partial charge in [-0.1, -0.05) is 6.92 Å². The average Bonchev–Trinajstić information content (AvgIpc) is 3.13. The van der Waals surface area contributed by atoms with E-state index in [2.05, 4.69) is 24.6 Å². The van der Waals surface area contributed by atoms with Gasteiger partial charge < -0.3 is 14.6 Å². The first-order valence-corrected chi connectivity index (χ1v) is 13.4. The predicted molar refractivity (Wildman–Crippen MR) is 132 cm³/mol. The summed E-state index contributed by atoms with van der Waals surface area (Å²) in [5.74, 6) is 1.18. The van der Waals surface area contributed by atoms with Gasteiger partial charge in [-0.2, -0.15) is 0 Å². The Hall–Kier alpha value is -3.56. The summed E-state index contributed by atoms with van der Waals surface area (Å²) < 4.78 is 36.1. The van der Waals surface area contributed by atoms with Crippen LogP contribution in [0.5, 0.6) is 5.75 Å². The zero-order valence-electron chi connectivity index (χ0n) is 20.8. The van der Waals surface area contributed by atoms with Gasteiger partial charge in [0.05, 0.1) is 22.8 Å². The molecule has 15 heteroatoms. The second-order valence-corrected chi connectivity index (χ2v) is 10.4. The maximum atomic E-state index is 13.1. The van der Waals surface area contributed by atoms with Gasteiger partial charge in [-0.3, -0.25) is 9.69 Å². The van der Waals surface area contributed by atoms with E-state index in [1.165, 1.54) is 22.7 Å². The molecule has 0 atom stereocenters. The number of ether oxygens (including phenoxy) is 1. The smallest absolute Gasteiger partial charge is 0.294 e. The summed E-state index contributed by atoms with van der Waals surface area (Å²) in [5, 5.41) is 14.0. The Balaban J connectivity index is 1.62. The maximum absolute atomic E-state index is 13.1. The number of rotatable bonds is 12. The van der Waals surface area contributed by atoms with Gasteiger partial charge in [0, 0.05) is 32.1 Å². The number of nitrogens with zero attached hydrogens (tertiary/aromatic N) is 5. The number of likely N-dealkylation sites (tertiary alicyclic amines) is 1. The minimum Gasteiger partial charge on any atom is -0.493 e. The zero-order valence-corrected chi connectivity index (χ0v) is 21.6. The van der Waals surface area contributed by atoms with Crippen molar-refractivity contribution in [3.8, 4) is 17.1 Å². The summed E-state index contributed by atoms with van der Waals surface area (Å²) in [6.45, 7) is 6.90. The lowest BCUT2D eigenvalue weighted by Crippen LogP contribution is -2.59. The third kappa shape index (κ3) is 5.73. The Morgan fingerprint density at radius 2 is 2.05 bits per heavy atom. The lowest BCUT2D eigenvalue weighted by molar-refractivity contribution is -0.757. The number of H-pyrrole nitrogens is 1. The highest BCUT2D eigenvalue weighted by Crippen LogP contribution is 2.30. The molecule has 0 radical (unpaired) electrons. The molecule has 1 saturated heterocycles. The molecule has 0 bridgehead atoms. The van der Waals surface area contributed by atoms with Crippen LogP contribution in [0.2, 0.25) is 0 Å². The van der Waals surface area contributed by atoms with Crippen molar-refractivity contribution in [1.29, 1.82) is 0 Å². The first-order chi connectivity index (χ1) is 17.6. The highest BCUT2D eigenvalue weighted by molar-refractivity contribution is 7.89. The highest BCUT2D eigenvalue weighted by atomic mass is 32.2. The molecule has 0 aliphatic carbocycles. The van der Waals surface area contributed by atoms with E-state index < -0.39 is 15.1 Å². The van der Waals surface area contributed by atoms with Crippen molar-refractivity contribution in [2.45, 2.75) is 44.6 Å². The Kier molecular flexibility index (Phi) is 7.75. The van der Waals surface area contributed by atoms with Crippen LogP contribution < -0.4 is 15.0 Å². The molecule has 0 saturated carbocycles. The highest BCUT2D eigenvalue weighted by Gasteiger charge is 2.31. The van der Waals surface area contributed by atoms with Gasteiger partial charge in [-0.25, -0.2) is 22.6 Å². The minimum atomic E-state index is -3.92. The van der Waals surface area contributed by atoms with Crippen molar-refractivity contribution < 1.29 is 23.1 Å². The van der Waals surface area contributed by atoms with E-state index in [1.54, 1.807) is 13.8 Å².